The maximum Gasteiger partial charge on any atom is 0.417 e. The van der Waals surface area contributed by atoms with Crippen LogP contribution in [0.15, 0.2) is 22.8 Å². The summed E-state index contributed by atoms with van der Waals surface area (Å²) in [5, 5.41) is 24.9. The summed E-state index contributed by atoms with van der Waals surface area (Å²) in [6.45, 7) is 1.26. The molecule has 0 radical (unpaired) electrons. The fourth-order valence-electron chi connectivity index (χ4n) is 3.49. The number of alkyl halides is 3. The second kappa shape index (κ2) is 9.18. The van der Waals surface area contributed by atoms with Gasteiger partial charge in [-0.1, -0.05) is 12.8 Å². The number of aliphatic hydroxyl groups is 1. The third kappa shape index (κ3) is 5.02. The fourth-order valence-corrected chi connectivity index (χ4v) is 4.07. The summed E-state index contributed by atoms with van der Waals surface area (Å²) in [6.07, 6.45) is 0.698. The Morgan fingerprint density at radius 3 is 2.70 bits per heavy atom. The highest BCUT2D eigenvalue weighted by atomic mass is 79.9. The molecule has 10 heteroatoms. The summed E-state index contributed by atoms with van der Waals surface area (Å²) >= 11 is 2.91. The number of halogens is 4. The van der Waals surface area contributed by atoms with Crippen LogP contribution in [-0.2, 0) is 12.8 Å². The zero-order chi connectivity index (χ0) is 21.9. The number of nitrogens with one attached hydrogen (secondary N) is 2. The predicted molar refractivity (Wildman–Crippen MR) is 110 cm³/mol. The van der Waals surface area contributed by atoms with Gasteiger partial charge in [-0.05, 0) is 53.4 Å². The van der Waals surface area contributed by atoms with Gasteiger partial charge in [-0.25, -0.2) is 4.98 Å². The summed E-state index contributed by atoms with van der Waals surface area (Å²) in [6, 6.07) is 4.64. The maximum atomic E-state index is 13.3. The van der Waals surface area contributed by atoms with Crippen LogP contribution in [0.1, 0.15) is 42.4 Å². The van der Waals surface area contributed by atoms with Gasteiger partial charge in [-0.15, -0.1) is 0 Å². The molecule has 1 fully saturated rings. The average Bonchev–Trinajstić information content (AvgIpc) is 2.71. The van der Waals surface area contributed by atoms with Gasteiger partial charge in [0.15, 0.2) is 0 Å². The Hall–Kier alpha value is -2.38. The van der Waals surface area contributed by atoms with Crippen molar-refractivity contribution in [2.45, 2.75) is 51.4 Å². The smallest absolute Gasteiger partial charge is 0.392 e. The molecule has 1 heterocycles. The molecule has 1 saturated carbocycles. The lowest BCUT2D eigenvalue weighted by atomic mass is 9.85. The molecule has 0 spiro atoms. The molecule has 3 rings (SSSR count). The Balaban J connectivity index is 1.88. The number of benzene rings is 1. The van der Waals surface area contributed by atoms with Crippen molar-refractivity contribution < 1.29 is 18.3 Å². The Bertz CT molecular complexity index is 961. The third-order valence-corrected chi connectivity index (χ3v) is 6.04. The van der Waals surface area contributed by atoms with Crippen molar-refractivity contribution in [2.24, 2.45) is 5.92 Å². The lowest BCUT2D eigenvalue weighted by Gasteiger charge is -2.28. The molecule has 1 aromatic heterocycles. The molecule has 6 nitrogen and oxygen atoms in total. The largest absolute Gasteiger partial charge is 0.417 e. The van der Waals surface area contributed by atoms with Crippen LogP contribution in [-0.4, -0.2) is 21.1 Å². The quantitative estimate of drug-likeness (QED) is 0.534. The summed E-state index contributed by atoms with van der Waals surface area (Å²) < 4.78 is 39.8. The van der Waals surface area contributed by atoms with Crippen molar-refractivity contribution in [1.82, 2.24) is 9.97 Å². The van der Waals surface area contributed by atoms with Crippen LogP contribution in [0.4, 0.5) is 30.6 Å². The second-order valence-electron chi connectivity index (χ2n) is 7.27. The Labute approximate surface area is 180 Å². The monoisotopic (exact) mass is 483 g/mol. The molecule has 30 heavy (non-hydrogen) atoms. The Morgan fingerprint density at radius 2 is 2.03 bits per heavy atom. The SMILES string of the molecule is Cc1cnc(Nc2cc(CO)c(Br)c(C(F)(F)F)c2)nc1NC1CCCCC1C#N. The minimum absolute atomic E-state index is 0.0318. The molecule has 0 saturated heterocycles. The van der Waals surface area contributed by atoms with E-state index in [-0.39, 0.29) is 33.6 Å². The average molecular weight is 484 g/mol. The van der Waals surface area contributed by atoms with E-state index in [1.54, 1.807) is 6.20 Å². The zero-order valence-corrected chi connectivity index (χ0v) is 17.8. The fraction of sp³-hybridized carbons (Fsp3) is 0.450. The second-order valence-corrected chi connectivity index (χ2v) is 8.07. The Morgan fingerprint density at radius 1 is 1.30 bits per heavy atom. The summed E-state index contributed by atoms with van der Waals surface area (Å²) in [7, 11) is 0. The van der Waals surface area contributed by atoms with Gasteiger partial charge in [0.05, 0.1) is 24.2 Å². The Kier molecular flexibility index (Phi) is 6.83. The molecular weight excluding hydrogens is 463 g/mol. The van der Waals surface area contributed by atoms with E-state index >= 15 is 0 Å². The molecule has 0 aliphatic heterocycles. The molecule has 1 aliphatic carbocycles. The first-order chi connectivity index (χ1) is 14.2. The maximum absolute atomic E-state index is 13.3. The number of nitriles is 1. The van der Waals surface area contributed by atoms with Crippen LogP contribution < -0.4 is 10.6 Å². The number of aryl methyl sites for hydroxylation is 1. The lowest BCUT2D eigenvalue weighted by molar-refractivity contribution is -0.138. The first-order valence-corrected chi connectivity index (χ1v) is 10.3. The molecule has 0 amide bonds. The van der Waals surface area contributed by atoms with Crippen LogP contribution in [0.2, 0.25) is 0 Å². The first kappa shape index (κ1) is 22.3. The number of aliphatic hydroxyl groups excluding tert-OH is 1. The molecule has 2 aromatic rings. The number of rotatable bonds is 5. The molecule has 1 aliphatic rings. The number of anilines is 3. The number of nitrogens with zero attached hydrogens (tertiary/aromatic N) is 3. The lowest BCUT2D eigenvalue weighted by Crippen LogP contribution is -2.32. The van der Waals surface area contributed by atoms with Crippen LogP contribution in [0.25, 0.3) is 0 Å². The highest BCUT2D eigenvalue weighted by Crippen LogP contribution is 2.39. The summed E-state index contributed by atoms with van der Waals surface area (Å²) in [4.78, 5) is 8.56. The predicted octanol–water partition coefficient (Wildman–Crippen LogP) is 5.30. The van der Waals surface area contributed by atoms with Crippen LogP contribution in [0.5, 0.6) is 0 Å². The zero-order valence-electron chi connectivity index (χ0n) is 16.2. The number of hydrogen-bond acceptors (Lipinski definition) is 6. The van der Waals surface area contributed by atoms with Gasteiger partial charge in [0, 0.05) is 28.0 Å². The van der Waals surface area contributed by atoms with Crippen molar-refractivity contribution in [3.05, 3.63) is 39.5 Å². The van der Waals surface area contributed by atoms with Crippen molar-refractivity contribution in [3.63, 3.8) is 0 Å². The van der Waals surface area contributed by atoms with Gasteiger partial charge in [0.2, 0.25) is 5.95 Å². The topological polar surface area (TPSA) is 93.9 Å². The van der Waals surface area contributed by atoms with Gasteiger partial charge in [-0.2, -0.15) is 23.4 Å². The summed E-state index contributed by atoms with van der Waals surface area (Å²) in [5.41, 5.74) is 0.0699. The van der Waals surface area contributed by atoms with Crippen LogP contribution >= 0.6 is 15.9 Å². The van der Waals surface area contributed by atoms with Gasteiger partial charge < -0.3 is 15.7 Å². The van der Waals surface area contributed by atoms with E-state index in [9.17, 15) is 23.5 Å². The van der Waals surface area contributed by atoms with Crippen molar-refractivity contribution in [1.29, 1.82) is 5.26 Å². The standard InChI is InChI=1S/C20H21BrF3N5O/c1-11-9-26-19(29-18(11)28-16-5-3-2-4-12(16)8-25)27-14-6-13(10-30)17(21)15(7-14)20(22,23)24/h6-7,9,12,16,30H,2-5,10H2,1H3,(H2,26,27,28,29). The molecule has 0 bridgehead atoms. The van der Waals surface area contributed by atoms with Gasteiger partial charge in [0.1, 0.15) is 5.82 Å². The first-order valence-electron chi connectivity index (χ1n) is 9.50. The van der Waals surface area contributed by atoms with Crippen LogP contribution in [0.3, 0.4) is 0 Å². The molecule has 2 atom stereocenters. The summed E-state index contributed by atoms with van der Waals surface area (Å²) in [5.74, 6) is 0.541. The van der Waals surface area contributed by atoms with Crippen molar-refractivity contribution in [2.75, 3.05) is 10.6 Å². The molecule has 1 aromatic carbocycles. The van der Waals surface area contributed by atoms with E-state index in [4.69, 9.17) is 0 Å². The van der Waals surface area contributed by atoms with Crippen molar-refractivity contribution >= 4 is 33.4 Å². The molecular formula is C20H21BrF3N5O. The van der Waals surface area contributed by atoms with E-state index in [1.165, 1.54) is 6.07 Å². The number of hydrogen-bond donors (Lipinski definition) is 3. The van der Waals surface area contributed by atoms with Gasteiger partial charge >= 0.3 is 6.18 Å². The van der Waals surface area contributed by atoms with E-state index in [1.807, 2.05) is 6.92 Å². The highest BCUT2D eigenvalue weighted by molar-refractivity contribution is 9.10. The molecule has 2 unspecified atom stereocenters. The molecule has 3 N–H and O–H groups in total. The minimum Gasteiger partial charge on any atom is -0.392 e. The van der Waals surface area contributed by atoms with Gasteiger partial charge in [0.25, 0.3) is 0 Å². The van der Waals surface area contributed by atoms with Gasteiger partial charge in [-0.3, -0.25) is 0 Å². The highest BCUT2D eigenvalue weighted by Gasteiger charge is 2.34. The van der Waals surface area contributed by atoms with E-state index in [2.05, 4.69) is 42.6 Å². The van der Waals surface area contributed by atoms with E-state index < -0.39 is 18.3 Å². The number of aromatic nitrogens is 2. The molecule has 160 valence electrons. The van der Waals surface area contributed by atoms with Crippen molar-refractivity contribution in [3.8, 4) is 6.07 Å². The van der Waals surface area contributed by atoms with E-state index in [0.717, 1.165) is 37.3 Å². The van der Waals surface area contributed by atoms with Crippen LogP contribution in [0, 0.1) is 24.2 Å². The normalized spacial score (nSPS) is 19.2. The minimum atomic E-state index is -4.59. The van der Waals surface area contributed by atoms with E-state index in [0.29, 0.717) is 5.82 Å². The third-order valence-electron chi connectivity index (χ3n) is 5.11.